The number of amides is 1. The predicted octanol–water partition coefficient (Wildman–Crippen LogP) is 3.65. The van der Waals surface area contributed by atoms with Gasteiger partial charge in [0.25, 0.3) is 5.91 Å². The first kappa shape index (κ1) is 15.9. The average molecular weight is 347 g/mol. The summed E-state index contributed by atoms with van der Waals surface area (Å²) in [5.41, 5.74) is 1.62. The Balaban J connectivity index is 1.60. The summed E-state index contributed by atoms with van der Waals surface area (Å²) in [7, 11) is 0. The van der Waals surface area contributed by atoms with Crippen molar-refractivity contribution < 1.29 is 9.53 Å². The van der Waals surface area contributed by atoms with Crippen LogP contribution in [0.3, 0.4) is 0 Å². The Kier molecular flexibility index (Phi) is 4.88. The monoisotopic (exact) mass is 347 g/mol. The molecule has 3 aromatic rings. The van der Waals surface area contributed by atoms with Gasteiger partial charge in [0.05, 0.1) is 17.8 Å². The van der Waals surface area contributed by atoms with Gasteiger partial charge in [0, 0.05) is 10.9 Å². The van der Waals surface area contributed by atoms with Gasteiger partial charge in [-0.15, -0.1) is 11.3 Å². The Labute approximate surface area is 142 Å². The molecule has 1 N–H and O–H groups in total. The van der Waals surface area contributed by atoms with Crippen LogP contribution >= 0.6 is 23.1 Å². The van der Waals surface area contributed by atoms with Crippen molar-refractivity contribution in [3.05, 3.63) is 40.6 Å². The second-order valence-corrected chi connectivity index (χ2v) is 7.02. The van der Waals surface area contributed by atoms with Crippen LogP contribution in [0.25, 0.3) is 11.0 Å². The SMILES string of the molecule is CC(C)[C@H](NC(=O)COc1ccc2nsnc2c1)c1cccs1. The molecule has 0 radical (unpaired) electrons. The molecule has 5 nitrogen and oxygen atoms in total. The molecule has 1 atom stereocenters. The van der Waals surface area contributed by atoms with Gasteiger partial charge in [0.15, 0.2) is 6.61 Å². The van der Waals surface area contributed by atoms with Crippen molar-refractivity contribution in [2.45, 2.75) is 19.9 Å². The number of thiophene rings is 1. The van der Waals surface area contributed by atoms with Gasteiger partial charge >= 0.3 is 0 Å². The highest BCUT2D eigenvalue weighted by Crippen LogP contribution is 2.25. The number of benzene rings is 1. The second-order valence-electron chi connectivity index (χ2n) is 5.51. The van der Waals surface area contributed by atoms with Crippen molar-refractivity contribution in [3.8, 4) is 5.75 Å². The number of aromatic nitrogens is 2. The van der Waals surface area contributed by atoms with E-state index >= 15 is 0 Å². The Hall–Kier alpha value is -1.99. The van der Waals surface area contributed by atoms with Crippen molar-refractivity contribution in [3.63, 3.8) is 0 Å². The van der Waals surface area contributed by atoms with Crippen molar-refractivity contribution in [1.29, 1.82) is 0 Å². The van der Waals surface area contributed by atoms with Crippen LogP contribution in [0.15, 0.2) is 35.7 Å². The minimum atomic E-state index is -0.131. The third-order valence-corrected chi connectivity index (χ3v) is 4.94. The van der Waals surface area contributed by atoms with Gasteiger partial charge in [-0.2, -0.15) is 8.75 Å². The largest absolute Gasteiger partial charge is 0.484 e. The first-order valence-corrected chi connectivity index (χ1v) is 8.92. The molecule has 0 bridgehead atoms. The average Bonchev–Trinajstić information content (AvgIpc) is 3.20. The summed E-state index contributed by atoms with van der Waals surface area (Å²) in [6.07, 6.45) is 0. The highest BCUT2D eigenvalue weighted by molar-refractivity contribution is 7.10. The standard InChI is InChI=1S/C16H17N3O2S2/c1-10(2)16(14-4-3-7-22-14)17-15(20)9-21-11-5-6-12-13(8-11)19-23-18-12/h3-8,10,16H,9H2,1-2H3,(H,17,20)/t16-/m0/s1. The fourth-order valence-electron chi connectivity index (χ4n) is 2.25. The molecule has 2 heterocycles. The Morgan fingerprint density at radius 1 is 1.26 bits per heavy atom. The summed E-state index contributed by atoms with van der Waals surface area (Å²) in [6, 6.07) is 9.49. The van der Waals surface area contributed by atoms with E-state index in [2.05, 4.69) is 27.9 Å². The number of rotatable bonds is 6. The zero-order valence-electron chi connectivity index (χ0n) is 12.9. The molecular formula is C16H17N3O2S2. The topological polar surface area (TPSA) is 64.1 Å². The lowest BCUT2D eigenvalue weighted by molar-refractivity contribution is -0.124. The maximum absolute atomic E-state index is 12.2. The molecule has 7 heteroatoms. The van der Waals surface area contributed by atoms with E-state index in [9.17, 15) is 4.79 Å². The fraction of sp³-hybridized carbons (Fsp3) is 0.312. The van der Waals surface area contributed by atoms with E-state index in [4.69, 9.17) is 4.74 Å². The van der Waals surface area contributed by atoms with Crippen LogP contribution in [-0.4, -0.2) is 21.3 Å². The number of fused-ring (bicyclic) bond motifs is 1. The third-order valence-electron chi connectivity index (χ3n) is 3.43. The zero-order valence-corrected chi connectivity index (χ0v) is 14.5. The van der Waals surface area contributed by atoms with E-state index in [0.717, 1.165) is 27.6 Å². The molecule has 2 aromatic heterocycles. The molecule has 0 saturated heterocycles. The van der Waals surface area contributed by atoms with Gasteiger partial charge in [0.2, 0.25) is 0 Å². The quantitative estimate of drug-likeness (QED) is 0.739. The lowest BCUT2D eigenvalue weighted by atomic mass is 10.0. The normalized spacial score (nSPS) is 12.5. The van der Waals surface area contributed by atoms with Gasteiger partial charge in [0.1, 0.15) is 16.8 Å². The Morgan fingerprint density at radius 2 is 2.09 bits per heavy atom. The smallest absolute Gasteiger partial charge is 0.258 e. The van der Waals surface area contributed by atoms with Crippen LogP contribution in [0.4, 0.5) is 0 Å². The van der Waals surface area contributed by atoms with Crippen LogP contribution in [0.2, 0.25) is 0 Å². The molecule has 0 saturated carbocycles. The lowest BCUT2D eigenvalue weighted by Crippen LogP contribution is -2.34. The van der Waals surface area contributed by atoms with Gasteiger partial charge in [-0.25, -0.2) is 0 Å². The van der Waals surface area contributed by atoms with Gasteiger partial charge in [-0.05, 0) is 29.5 Å². The summed E-state index contributed by atoms with van der Waals surface area (Å²) in [6.45, 7) is 4.17. The molecule has 0 fully saturated rings. The van der Waals surface area contributed by atoms with Gasteiger partial charge < -0.3 is 10.1 Å². The van der Waals surface area contributed by atoms with Crippen LogP contribution in [0.5, 0.6) is 5.75 Å². The summed E-state index contributed by atoms with van der Waals surface area (Å²) in [5.74, 6) is 0.807. The molecule has 0 aliphatic heterocycles. The highest BCUT2D eigenvalue weighted by atomic mass is 32.1. The Morgan fingerprint density at radius 3 is 2.83 bits per heavy atom. The van der Waals surface area contributed by atoms with Crippen LogP contribution in [0, 0.1) is 5.92 Å². The first-order valence-electron chi connectivity index (χ1n) is 7.31. The lowest BCUT2D eigenvalue weighted by Gasteiger charge is -2.21. The molecule has 0 aliphatic carbocycles. The highest BCUT2D eigenvalue weighted by Gasteiger charge is 2.19. The van der Waals surface area contributed by atoms with Crippen molar-refractivity contribution in [1.82, 2.24) is 14.1 Å². The van der Waals surface area contributed by atoms with E-state index in [0.29, 0.717) is 11.7 Å². The second kappa shape index (κ2) is 7.06. The maximum Gasteiger partial charge on any atom is 0.258 e. The first-order chi connectivity index (χ1) is 11.1. The molecular weight excluding hydrogens is 330 g/mol. The van der Waals surface area contributed by atoms with E-state index < -0.39 is 0 Å². The minimum Gasteiger partial charge on any atom is -0.484 e. The van der Waals surface area contributed by atoms with E-state index in [1.165, 1.54) is 0 Å². The Bertz CT molecular complexity index is 784. The number of hydrogen-bond donors (Lipinski definition) is 1. The number of hydrogen-bond acceptors (Lipinski definition) is 6. The number of nitrogens with zero attached hydrogens (tertiary/aromatic N) is 2. The predicted molar refractivity (Wildman–Crippen MR) is 93.0 cm³/mol. The molecule has 1 amide bonds. The summed E-state index contributed by atoms with van der Waals surface area (Å²) >= 11 is 2.81. The fourth-order valence-corrected chi connectivity index (χ4v) is 3.72. The summed E-state index contributed by atoms with van der Waals surface area (Å²) in [5, 5.41) is 5.06. The summed E-state index contributed by atoms with van der Waals surface area (Å²) in [4.78, 5) is 13.3. The van der Waals surface area contributed by atoms with Crippen LogP contribution in [0.1, 0.15) is 24.8 Å². The molecule has 3 rings (SSSR count). The molecule has 0 aliphatic rings. The van der Waals surface area contributed by atoms with Crippen LogP contribution in [-0.2, 0) is 4.79 Å². The minimum absolute atomic E-state index is 0.0105. The summed E-state index contributed by atoms with van der Waals surface area (Å²) < 4.78 is 13.9. The van der Waals surface area contributed by atoms with Gasteiger partial charge in [-0.1, -0.05) is 19.9 Å². The third kappa shape index (κ3) is 3.86. The molecule has 120 valence electrons. The maximum atomic E-state index is 12.2. The molecule has 23 heavy (non-hydrogen) atoms. The number of ether oxygens (including phenoxy) is 1. The number of carbonyl (C=O) groups is 1. The molecule has 0 unspecified atom stereocenters. The molecule has 0 spiro atoms. The van der Waals surface area contributed by atoms with Crippen molar-refractivity contribution in [2.24, 2.45) is 5.92 Å². The molecule has 1 aromatic carbocycles. The zero-order chi connectivity index (χ0) is 16.2. The van der Waals surface area contributed by atoms with E-state index in [-0.39, 0.29) is 18.6 Å². The van der Waals surface area contributed by atoms with Gasteiger partial charge in [-0.3, -0.25) is 4.79 Å². The van der Waals surface area contributed by atoms with Crippen molar-refractivity contribution >= 4 is 40.0 Å². The van der Waals surface area contributed by atoms with Crippen LogP contribution < -0.4 is 10.1 Å². The number of carbonyl (C=O) groups excluding carboxylic acids is 1. The van der Waals surface area contributed by atoms with E-state index in [1.54, 1.807) is 23.5 Å². The van der Waals surface area contributed by atoms with Crippen molar-refractivity contribution in [2.75, 3.05) is 6.61 Å². The number of nitrogens with one attached hydrogen (secondary N) is 1. The van der Waals surface area contributed by atoms with E-state index in [1.807, 2.05) is 23.6 Å².